The van der Waals surface area contributed by atoms with Gasteiger partial charge < -0.3 is 0 Å². The Labute approximate surface area is 120 Å². The third-order valence-electron chi connectivity index (χ3n) is 2.71. The van der Waals surface area contributed by atoms with Gasteiger partial charge in [-0.2, -0.15) is 5.10 Å². The molecular formula is C11H14Cl2N4S. The van der Waals surface area contributed by atoms with Gasteiger partial charge in [-0.05, 0) is 25.0 Å². The first-order chi connectivity index (χ1) is 8.63. The van der Waals surface area contributed by atoms with E-state index in [1.54, 1.807) is 0 Å². The van der Waals surface area contributed by atoms with Crippen molar-refractivity contribution < 1.29 is 0 Å². The van der Waals surface area contributed by atoms with Gasteiger partial charge in [0.15, 0.2) is 0 Å². The van der Waals surface area contributed by atoms with Gasteiger partial charge in [0.05, 0.1) is 20.9 Å². The molecule has 0 bridgehead atoms. The van der Waals surface area contributed by atoms with Crippen LogP contribution in [0.4, 0.5) is 0 Å². The third-order valence-corrected chi connectivity index (χ3v) is 4.23. The summed E-state index contributed by atoms with van der Waals surface area (Å²) in [5.74, 6) is 5.60. The average Bonchev–Trinajstić information content (AvgIpc) is 2.92. The summed E-state index contributed by atoms with van der Waals surface area (Å²) in [4.78, 5) is 0. The van der Waals surface area contributed by atoms with Gasteiger partial charge in [-0.1, -0.05) is 23.2 Å². The van der Waals surface area contributed by atoms with Gasteiger partial charge in [-0.3, -0.25) is 16.0 Å². The van der Waals surface area contributed by atoms with Crippen molar-refractivity contribution >= 4 is 34.5 Å². The van der Waals surface area contributed by atoms with Gasteiger partial charge >= 0.3 is 0 Å². The molecule has 2 aromatic heterocycles. The molecule has 2 heterocycles. The van der Waals surface area contributed by atoms with E-state index in [0.717, 1.165) is 24.1 Å². The Morgan fingerprint density at radius 1 is 1.56 bits per heavy atom. The maximum atomic E-state index is 6.13. The molecule has 18 heavy (non-hydrogen) atoms. The van der Waals surface area contributed by atoms with Crippen LogP contribution >= 0.6 is 34.5 Å². The summed E-state index contributed by atoms with van der Waals surface area (Å²) < 4.78 is 3.22. The van der Waals surface area contributed by atoms with E-state index >= 15 is 0 Å². The van der Waals surface area contributed by atoms with Gasteiger partial charge in [-0.15, -0.1) is 11.3 Å². The predicted molar refractivity (Wildman–Crippen MR) is 76.0 cm³/mol. The molecular weight excluding hydrogens is 291 g/mol. The van der Waals surface area contributed by atoms with Crippen LogP contribution in [-0.4, -0.2) is 9.78 Å². The lowest BCUT2D eigenvalue weighted by molar-refractivity contribution is 0.553. The van der Waals surface area contributed by atoms with Crippen molar-refractivity contribution in [3.05, 3.63) is 38.3 Å². The number of aryl methyl sites for hydroxylation is 1. The first-order valence-electron chi connectivity index (χ1n) is 5.56. The second-order valence-electron chi connectivity index (χ2n) is 3.91. The second-order valence-corrected chi connectivity index (χ2v) is 6.19. The average molecular weight is 305 g/mol. The normalized spacial score (nSPS) is 12.9. The third kappa shape index (κ3) is 3.05. The van der Waals surface area contributed by atoms with Gasteiger partial charge in [0.1, 0.15) is 0 Å². The molecule has 7 heteroatoms. The van der Waals surface area contributed by atoms with Crippen LogP contribution in [0.5, 0.6) is 0 Å². The Morgan fingerprint density at radius 2 is 2.33 bits per heavy atom. The van der Waals surface area contributed by atoms with Gasteiger partial charge in [0.25, 0.3) is 0 Å². The lowest BCUT2D eigenvalue weighted by Crippen LogP contribution is -2.29. The summed E-state index contributed by atoms with van der Waals surface area (Å²) in [7, 11) is 0. The highest BCUT2D eigenvalue weighted by molar-refractivity contribution is 7.20. The molecule has 3 N–H and O–H groups in total. The van der Waals surface area contributed by atoms with Crippen LogP contribution in [-0.2, 0) is 13.0 Å². The largest absolute Gasteiger partial charge is 0.273 e. The molecule has 1 atom stereocenters. The lowest BCUT2D eigenvalue weighted by atomic mass is 10.0. The molecule has 0 amide bonds. The SMILES string of the molecule is CCn1cc(CC(NN)c2cc(Cl)sc2Cl)cn1. The number of hydrogen-bond donors (Lipinski definition) is 2. The zero-order valence-corrected chi connectivity index (χ0v) is 12.2. The molecule has 0 aliphatic rings. The van der Waals surface area contributed by atoms with Crippen molar-refractivity contribution in [1.82, 2.24) is 15.2 Å². The smallest absolute Gasteiger partial charge is 0.0992 e. The molecule has 0 fully saturated rings. The minimum Gasteiger partial charge on any atom is -0.273 e. The number of nitrogens with two attached hydrogens (primary N) is 1. The Balaban J connectivity index is 2.16. The van der Waals surface area contributed by atoms with E-state index in [-0.39, 0.29) is 6.04 Å². The number of halogens is 2. The van der Waals surface area contributed by atoms with Crippen LogP contribution in [0, 0.1) is 0 Å². The van der Waals surface area contributed by atoms with Crippen LogP contribution in [0.1, 0.15) is 24.1 Å². The highest BCUT2D eigenvalue weighted by Gasteiger charge is 2.17. The zero-order valence-electron chi connectivity index (χ0n) is 9.86. The number of nitrogens with one attached hydrogen (secondary N) is 1. The number of thiophene rings is 1. The molecule has 0 aliphatic heterocycles. The summed E-state index contributed by atoms with van der Waals surface area (Å²) in [6.07, 6.45) is 4.57. The van der Waals surface area contributed by atoms with E-state index in [4.69, 9.17) is 29.0 Å². The van der Waals surface area contributed by atoms with E-state index in [1.165, 1.54) is 11.3 Å². The maximum absolute atomic E-state index is 6.13. The van der Waals surface area contributed by atoms with Crippen molar-refractivity contribution in [3.63, 3.8) is 0 Å². The van der Waals surface area contributed by atoms with E-state index in [0.29, 0.717) is 8.67 Å². The number of rotatable bonds is 5. The summed E-state index contributed by atoms with van der Waals surface area (Å²) in [6.45, 7) is 2.90. The van der Waals surface area contributed by atoms with E-state index in [2.05, 4.69) is 10.5 Å². The minimum atomic E-state index is -0.0595. The highest BCUT2D eigenvalue weighted by Crippen LogP contribution is 2.35. The Hall–Kier alpha value is -0.590. The molecule has 4 nitrogen and oxygen atoms in total. The number of hydrogen-bond acceptors (Lipinski definition) is 4. The molecule has 0 radical (unpaired) electrons. The van der Waals surface area contributed by atoms with Gasteiger partial charge in [-0.25, -0.2) is 0 Å². The molecule has 0 saturated carbocycles. The van der Waals surface area contributed by atoms with Crippen molar-refractivity contribution in [2.24, 2.45) is 5.84 Å². The molecule has 0 saturated heterocycles. The molecule has 2 aromatic rings. The number of hydrazine groups is 1. The quantitative estimate of drug-likeness (QED) is 0.659. The van der Waals surface area contributed by atoms with Crippen LogP contribution in [0.3, 0.4) is 0 Å². The lowest BCUT2D eigenvalue weighted by Gasteiger charge is -2.14. The van der Waals surface area contributed by atoms with Crippen LogP contribution in [0.2, 0.25) is 8.67 Å². The predicted octanol–water partition coefficient (Wildman–Crippen LogP) is 3.02. The summed E-state index contributed by atoms with van der Waals surface area (Å²) >= 11 is 13.4. The Morgan fingerprint density at radius 3 is 2.83 bits per heavy atom. The molecule has 98 valence electrons. The van der Waals surface area contributed by atoms with Crippen molar-refractivity contribution in [3.8, 4) is 0 Å². The summed E-state index contributed by atoms with van der Waals surface area (Å²) in [5, 5.41) is 4.23. The molecule has 0 aromatic carbocycles. The van der Waals surface area contributed by atoms with Gasteiger partial charge in [0, 0.05) is 18.3 Å². The van der Waals surface area contributed by atoms with Gasteiger partial charge in [0.2, 0.25) is 0 Å². The zero-order chi connectivity index (χ0) is 13.1. The monoisotopic (exact) mass is 304 g/mol. The van der Waals surface area contributed by atoms with Crippen molar-refractivity contribution in [2.45, 2.75) is 25.9 Å². The van der Waals surface area contributed by atoms with E-state index in [9.17, 15) is 0 Å². The number of nitrogens with zero attached hydrogens (tertiary/aromatic N) is 2. The first-order valence-corrected chi connectivity index (χ1v) is 7.13. The maximum Gasteiger partial charge on any atom is 0.0992 e. The molecule has 0 aliphatic carbocycles. The van der Waals surface area contributed by atoms with Crippen molar-refractivity contribution in [1.29, 1.82) is 0 Å². The molecule has 0 spiro atoms. The molecule has 2 rings (SSSR count). The summed E-state index contributed by atoms with van der Waals surface area (Å²) in [6, 6.07) is 1.79. The van der Waals surface area contributed by atoms with Crippen LogP contribution in [0.15, 0.2) is 18.5 Å². The summed E-state index contributed by atoms with van der Waals surface area (Å²) in [5.41, 5.74) is 4.81. The minimum absolute atomic E-state index is 0.0595. The molecule has 1 unspecified atom stereocenters. The second kappa shape index (κ2) is 6.04. The number of aromatic nitrogens is 2. The Bertz CT molecular complexity index is 523. The topological polar surface area (TPSA) is 55.9 Å². The highest BCUT2D eigenvalue weighted by atomic mass is 35.5. The fourth-order valence-electron chi connectivity index (χ4n) is 1.77. The standard InChI is InChI=1S/C11H14Cl2N4S/c1-2-17-6-7(5-15-17)3-9(16-14)8-4-10(12)18-11(8)13/h4-6,9,16H,2-3,14H2,1H3. The van der Waals surface area contributed by atoms with Crippen molar-refractivity contribution in [2.75, 3.05) is 0 Å². The van der Waals surface area contributed by atoms with E-state index < -0.39 is 0 Å². The Kier molecular flexibility index (Phi) is 4.64. The van der Waals surface area contributed by atoms with Crippen LogP contribution in [0.25, 0.3) is 0 Å². The fourth-order valence-corrected chi connectivity index (χ4v) is 3.35. The fraction of sp³-hybridized carbons (Fsp3) is 0.364. The first kappa shape index (κ1) is 13.8. The van der Waals surface area contributed by atoms with E-state index in [1.807, 2.05) is 30.1 Å². The van der Waals surface area contributed by atoms with Crippen LogP contribution < -0.4 is 11.3 Å².